The fourth-order valence-corrected chi connectivity index (χ4v) is 4.78. The Morgan fingerprint density at radius 1 is 1.06 bits per heavy atom. The number of hydrazone groups is 1. The molecule has 0 bridgehead atoms. The summed E-state index contributed by atoms with van der Waals surface area (Å²) >= 11 is 0. The molecule has 1 saturated heterocycles. The Bertz CT molecular complexity index is 1110. The lowest BCUT2D eigenvalue weighted by molar-refractivity contribution is -0.142. The maximum absolute atomic E-state index is 13.7. The maximum atomic E-state index is 13.7. The molecule has 8 heteroatoms. The molecular formula is C28H33FN4O3. The Kier molecular flexibility index (Phi) is 7.43. The summed E-state index contributed by atoms with van der Waals surface area (Å²) in [5.41, 5.74) is 3.66. The third kappa shape index (κ3) is 5.82. The van der Waals surface area contributed by atoms with Crippen LogP contribution in [-0.4, -0.2) is 78.3 Å². The quantitative estimate of drug-likeness (QED) is 0.567. The van der Waals surface area contributed by atoms with Crippen LogP contribution in [-0.2, 0) is 14.3 Å². The standard InChI is InChI=1S/C28H33FN4O3/c1-20-2-4-22(5-3-20)26-18-25(21-8-10-24(29)11-9-21)30-33(26)27(34)19-32(28(35)23-6-7-23)13-12-31-14-16-36-17-15-31/h2-5,8-11,23,26H,6-7,12-19H2,1H3. The average Bonchev–Trinajstić information content (AvgIpc) is 3.66. The SMILES string of the molecule is Cc1ccc(C2CC(c3ccc(F)cc3)=NN2C(=O)CN(CCN2CCOCC2)C(=O)C2CC2)cc1. The van der Waals surface area contributed by atoms with Gasteiger partial charge in [-0.3, -0.25) is 14.5 Å². The largest absolute Gasteiger partial charge is 0.379 e. The van der Waals surface area contributed by atoms with E-state index in [0.29, 0.717) is 26.2 Å². The van der Waals surface area contributed by atoms with E-state index in [0.717, 1.165) is 54.9 Å². The molecule has 0 spiro atoms. The average molecular weight is 493 g/mol. The van der Waals surface area contributed by atoms with Crippen molar-refractivity contribution in [2.24, 2.45) is 11.0 Å². The summed E-state index contributed by atoms with van der Waals surface area (Å²) in [6.07, 6.45) is 2.32. The third-order valence-corrected chi connectivity index (χ3v) is 7.16. The number of halogens is 1. The maximum Gasteiger partial charge on any atom is 0.262 e. The van der Waals surface area contributed by atoms with Crippen LogP contribution in [0.4, 0.5) is 4.39 Å². The van der Waals surface area contributed by atoms with Crippen LogP contribution in [0.2, 0.25) is 0 Å². The summed E-state index contributed by atoms with van der Waals surface area (Å²) in [5.74, 6) is -0.416. The number of amides is 2. The van der Waals surface area contributed by atoms with E-state index >= 15 is 0 Å². The van der Waals surface area contributed by atoms with E-state index in [9.17, 15) is 14.0 Å². The molecule has 1 atom stereocenters. The van der Waals surface area contributed by atoms with Crippen molar-refractivity contribution in [2.75, 3.05) is 45.9 Å². The fraction of sp³-hybridized carbons (Fsp3) is 0.464. The van der Waals surface area contributed by atoms with Gasteiger partial charge in [0, 0.05) is 38.5 Å². The molecule has 190 valence electrons. The van der Waals surface area contributed by atoms with Crippen molar-refractivity contribution < 1.29 is 18.7 Å². The highest BCUT2D eigenvalue weighted by Gasteiger charge is 2.37. The zero-order chi connectivity index (χ0) is 25.1. The van der Waals surface area contributed by atoms with Crippen molar-refractivity contribution in [1.82, 2.24) is 14.8 Å². The van der Waals surface area contributed by atoms with Crippen LogP contribution >= 0.6 is 0 Å². The van der Waals surface area contributed by atoms with Gasteiger partial charge in [-0.15, -0.1) is 0 Å². The Balaban J connectivity index is 1.35. The fourth-order valence-electron chi connectivity index (χ4n) is 4.78. The zero-order valence-corrected chi connectivity index (χ0v) is 20.7. The molecule has 36 heavy (non-hydrogen) atoms. The van der Waals surface area contributed by atoms with E-state index in [-0.39, 0.29) is 36.1 Å². The van der Waals surface area contributed by atoms with Crippen LogP contribution in [0.1, 0.15) is 42.0 Å². The van der Waals surface area contributed by atoms with Crippen molar-refractivity contribution in [3.05, 3.63) is 71.0 Å². The molecule has 0 radical (unpaired) electrons. The van der Waals surface area contributed by atoms with E-state index < -0.39 is 0 Å². The van der Waals surface area contributed by atoms with Gasteiger partial charge in [0.25, 0.3) is 5.91 Å². The van der Waals surface area contributed by atoms with Crippen LogP contribution in [0.5, 0.6) is 0 Å². The lowest BCUT2D eigenvalue weighted by atomic mass is 9.97. The number of hydrogen-bond donors (Lipinski definition) is 0. The van der Waals surface area contributed by atoms with Gasteiger partial charge in [-0.25, -0.2) is 9.40 Å². The monoisotopic (exact) mass is 492 g/mol. The summed E-state index contributed by atoms with van der Waals surface area (Å²) in [7, 11) is 0. The highest BCUT2D eigenvalue weighted by atomic mass is 19.1. The van der Waals surface area contributed by atoms with Gasteiger partial charge in [0.15, 0.2) is 0 Å². The Hall–Kier alpha value is -3.10. The molecule has 1 aliphatic carbocycles. The molecule has 0 aromatic heterocycles. The summed E-state index contributed by atoms with van der Waals surface area (Å²) in [6, 6.07) is 14.0. The molecule has 2 fully saturated rings. The van der Waals surface area contributed by atoms with Gasteiger partial charge in [-0.1, -0.05) is 42.0 Å². The Morgan fingerprint density at radius 2 is 1.75 bits per heavy atom. The van der Waals surface area contributed by atoms with E-state index in [4.69, 9.17) is 9.84 Å². The third-order valence-electron chi connectivity index (χ3n) is 7.16. The van der Waals surface area contributed by atoms with Gasteiger partial charge >= 0.3 is 0 Å². The number of hydrogen-bond acceptors (Lipinski definition) is 5. The summed E-state index contributed by atoms with van der Waals surface area (Å²) < 4.78 is 18.9. The topological polar surface area (TPSA) is 65.5 Å². The Morgan fingerprint density at radius 3 is 2.42 bits per heavy atom. The van der Waals surface area contributed by atoms with Crippen molar-refractivity contribution in [3.8, 4) is 0 Å². The first kappa shape index (κ1) is 24.6. The van der Waals surface area contributed by atoms with Crippen LogP contribution in [0, 0.1) is 18.7 Å². The minimum Gasteiger partial charge on any atom is -0.379 e. The lowest BCUT2D eigenvalue weighted by Gasteiger charge is -2.31. The second-order valence-electron chi connectivity index (χ2n) is 9.91. The number of nitrogens with zero attached hydrogens (tertiary/aromatic N) is 4. The highest BCUT2D eigenvalue weighted by Crippen LogP contribution is 2.34. The van der Waals surface area contributed by atoms with Gasteiger partial charge in [0.2, 0.25) is 5.91 Å². The highest BCUT2D eigenvalue weighted by molar-refractivity contribution is 6.03. The molecular weight excluding hydrogens is 459 g/mol. The normalized spacial score (nSPS) is 20.3. The van der Waals surface area contributed by atoms with E-state index in [2.05, 4.69) is 4.90 Å². The van der Waals surface area contributed by atoms with Gasteiger partial charge in [0.1, 0.15) is 12.4 Å². The minimum absolute atomic E-state index is 0.00221. The predicted molar refractivity (Wildman–Crippen MR) is 135 cm³/mol. The molecule has 7 nitrogen and oxygen atoms in total. The molecule has 5 rings (SSSR count). The smallest absolute Gasteiger partial charge is 0.262 e. The number of morpholine rings is 1. The number of ether oxygens (including phenoxy) is 1. The molecule has 0 N–H and O–H groups in total. The van der Waals surface area contributed by atoms with Gasteiger partial charge in [0.05, 0.1) is 25.0 Å². The molecule has 1 unspecified atom stereocenters. The van der Waals surface area contributed by atoms with E-state index in [1.807, 2.05) is 31.2 Å². The molecule has 2 aliphatic heterocycles. The second-order valence-corrected chi connectivity index (χ2v) is 9.91. The molecule has 2 aromatic rings. The van der Waals surface area contributed by atoms with Crippen molar-refractivity contribution >= 4 is 17.5 Å². The predicted octanol–water partition coefficient (Wildman–Crippen LogP) is 3.38. The number of aryl methyl sites for hydroxylation is 1. The number of benzene rings is 2. The minimum atomic E-state index is -0.310. The van der Waals surface area contributed by atoms with Crippen LogP contribution < -0.4 is 0 Å². The van der Waals surface area contributed by atoms with E-state index in [1.165, 1.54) is 17.1 Å². The molecule has 1 saturated carbocycles. The van der Waals surface area contributed by atoms with Crippen LogP contribution in [0.25, 0.3) is 0 Å². The molecule has 2 amide bonds. The first-order valence-corrected chi connectivity index (χ1v) is 12.8. The van der Waals surface area contributed by atoms with E-state index in [1.54, 1.807) is 17.0 Å². The van der Waals surface area contributed by atoms with Crippen LogP contribution in [0.15, 0.2) is 53.6 Å². The summed E-state index contributed by atoms with van der Waals surface area (Å²) in [5, 5.41) is 6.24. The summed E-state index contributed by atoms with van der Waals surface area (Å²) in [6.45, 7) is 6.34. The second kappa shape index (κ2) is 10.9. The van der Waals surface area contributed by atoms with Crippen molar-refractivity contribution in [2.45, 2.75) is 32.2 Å². The Labute approximate surface area is 211 Å². The molecule has 3 aliphatic rings. The lowest BCUT2D eigenvalue weighted by Crippen LogP contribution is -2.47. The molecule has 2 heterocycles. The van der Waals surface area contributed by atoms with Crippen molar-refractivity contribution in [1.29, 1.82) is 0 Å². The summed E-state index contributed by atoms with van der Waals surface area (Å²) in [4.78, 5) is 30.7. The van der Waals surface area contributed by atoms with Gasteiger partial charge in [-0.05, 0) is 43.0 Å². The number of carbonyl (C=O) groups excluding carboxylic acids is 2. The van der Waals surface area contributed by atoms with Crippen LogP contribution in [0.3, 0.4) is 0 Å². The van der Waals surface area contributed by atoms with Crippen molar-refractivity contribution in [3.63, 3.8) is 0 Å². The first-order valence-electron chi connectivity index (χ1n) is 12.8. The van der Waals surface area contributed by atoms with Gasteiger partial charge < -0.3 is 9.64 Å². The molecule has 2 aromatic carbocycles. The number of carbonyl (C=O) groups is 2. The number of rotatable bonds is 8. The first-order chi connectivity index (χ1) is 17.5. The zero-order valence-electron chi connectivity index (χ0n) is 20.7. The van der Waals surface area contributed by atoms with Gasteiger partial charge in [-0.2, -0.15) is 5.10 Å².